The van der Waals surface area contributed by atoms with Crippen LogP contribution in [0.5, 0.6) is 0 Å². The van der Waals surface area contributed by atoms with E-state index in [1.807, 2.05) is 0 Å². The van der Waals surface area contributed by atoms with Crippen molar-refractivity contribution in [2.45, 2.75) is 51.0 Å². The van der Waals surface area contributed by atoms with E-state index < -0.39 is 0 Å². The molecule has 0 aromatic heterocycles. The fraction of sp³-hybridized carbons (Fsp3) is 0.600. The second-order valence-corrected chi connectivity index (χ2v) is 6.36. The number of hydrogen-bond donors (Lipinski definition) is 1. The number of benzene rings is 1. The van der Waals surface area contributed by atoms with Gasteiger partial charge in [0, 0.05) is 10.0 Å². The first-order valence-corrected chi connectivity index (χ1v) is 7.44. The van der Waals surface area contributed by atoms with Crippen LogP contribution >= 0.6 is 15.9 Å². The molecule has 17 heavy (non-hydrogen) atoms. The van der Waals surface area contributed by atoms with Crippen LogP contribution in [0.1, 0.15) is 44.6 Å². The Bertz CT molecular complexity index is 377. The maximum absolute atomic E-state index is 6.61. The van der Waals surface area contributed by atoms with Crippen LogP contribution in [0.2, 0.25) is 0 Å². The van der Waals surface area contributed by atoms with E-state index in [0.29, 0.717) is 0 Å². The van der Waals surface area contributed by atoms with Gasteiger partial charge in [0.15, 0.2) is 0 Å². The molecule has 0 bridgehead atoms. The zero-order chi connectivity index (χ0) is 12.3. The van der Waals surface area contributed by atoms with Crippen LogP contribution in [-0.2, 0) is 6.42 Å². The van der Waals surface area contributed by atoms with Gasteiger partial charge in [0.2, 0.25) is 0 Å². The minimum Gasteiger partial charge on any atom is -0.325 e. The van der Waals surface area contributed by atoms with Crippen molar-refractivity contribution in [1.29, 1.82) is 0 Å². The van der Waals surface area contributed by atoms with Crippen molar-refractivity contribution in [3.05, 3.63) is 34.3 Å². The summed E-state index contributed by atoms with van der Waals surface area (Å²) in [5.74, 6) is 0.830. The highest BCUT2D eigenvalue weighted by Gasteiger charge is 2.32. The Morgan fingerprint density at radius 1 is 1.41 bits per heavy atom. The van der Waals surface area contributed by atoms with Gasteiger partial charge >= 0.3 is 0 Å². The van der Waals surface area contributed by atoms with E-state index in [1.54, 1.807) is 0 Å². The van der Waals surface area contributed by atoms with E-state index in [2.05, 4.69) is 47.1 Å². The monoisotopic (exact) mass is 295 g/mol. The zero-order valence-electron chi connectivity index (χ0n) is 10.6. The summed E-state index contributed by atoms with van der Waals surface area (Å²) in [6.45, 7) is 2.29. The maximum Gasteiger partial charge on any atom is 0.0207 e. The quantitative estimate of drug-likeness (QED) is 0.884. The normalized spacial score (nSPS) is 29.2. The molecule has 0 amide bonds. The topological polar surface area (TPSA) is 26.0 Å². The molecule has 1 aromatic carbocycles. The standard InChI is InChI=1S/C15H22BrN/c1-2-12-6-5-9-15(17,10-12)11-13-7-3-4-8-14(13)16/h3-4,7-8,12H,2,5-6,9-11,17H2,1H3. The fourth-order valence-corrected chi connectivity index (χ4v) is 3.48. The molecule has 0 saturated heterocycles. The number of hydrogen-bond acceptors (Lipinski definition) is 1. The number of rotatable bonds is 3. The van der Waals surface area contributed by atoms with Gasteiger partial charge in [-0.3, -0.25) is 0 Å². The summed E-state index contributed by atoms with van der Waals surface area (Å²) in [7, 11) is 0. The zero-order valence-corrected chi connectivity index (χ0v) is 12.2. The van der Waals surface area contributed by atoms with Gasteiger partial charge in [0.05, 0.1) is 0 Å². The van der Waals surface area contributed by atoms with Gasteiger partial charge in [-0.15, -0.1) is 0 Å². The van der Waals surface area contributed by atoms with Crippen molar-refractivity contribution >= 4 is 15.9 Å². The summed E-state index contributed by atoms with van der Waals surface area (Å²) in [4.78, 5) is 0. The van der Waals surface area contributed by atoms with E-state index in [9.17, 15) is 0 Å². The van der Waals surface area contributed by atoms with E-state index in [1.165, 1.54) is 42.1 Å². The van der Waals surface area contributed by atoms with Crippen LogP contribution in [0.3, 0.4) is 0 Å². The third-order valence-electron chi connectivity index (χ3n) is 4.06. The Morgan fingerprint density at radius 2 is 2.18 bits per heavy atom. The summed E-state index contributed by atoms with van der Waals surface area (Å²) >= 11 is 3.62. The van der Waals surface area contributed by atoms with Gasteiger partial charge in [0.25, 0.3) is 0 Å². The first kappa shape index (κ1) is 13.1. The molecule has 1 aromatic rings. The lowest BCUT2D eigenvalue weighted by Crippen LogP contribution is -2.46. The lowest BCUT2D eigenvalue weighted by molar-refractivity contribution is 0.218. The fourth-order valence-electron chi connectivity index (χ4n) is 3.05. The summed E-state index contributed by atoms with van der Waals surface area (Å²) < 4.78 is 1.20. The van der Waals surface area contributed by atoms with Crippen molar-refractivity contribution in [2.75, 3.05) is 0 Å². The minimum absolute atomic E-state index is 0.0167. The molecular formula is C15H22BrN. The molecule has 0 spiro atoms. The van der Waals surface area contributed by atoms with E-state index in [0.717, 1.165) is 12.3 Å². The molecular weight excluding hydrogens is 274 g/mol. The molecule has 2 heteroatoms. The summed E-state index contributed by atoms with van der Waals surface area (Å²) in [5, 5.41) is 0. The van der Waals surface area contributed by atoms with Crippen LogP contribution in [0.4, 0.5) is 0 Å². The molecule has 0 heterocycles. The van der Waals surface area contributed by atoms with E-state index >= 15 is 0 Å². The lowest BCUT2D eigenvalue weighted by atomic mass is 9.72. The maximum atomic E-state index is 6.61. The van der Waals surface area contributed by atoms with Gasteiger partial charge in [0.1, 0.15) is 0 Å². The molecule has 2 N–H and O–H groups in total. The van der Waals surface area contributed by atoms with Gasteiger partial charge in [-0.25, -0.2) is 0 Å². The first-order chi connectivity index (χ1) is 8.13. The van der Waals surface area contributed by atoms with Crippen LogP contribution in [0.25, 0.3) is 0 Å². The van der Waals surface area contributed by atoms with Crippen LogP contribution < -0.4 is 5.73 Å². The van der Waals surface area contributed by atoms with Crippen molar-refractivity contribution in [1.82, 2.24) is 0 Å². The molecule has 1 aliphatic rings. The van der Waals surface area contributed by atoms with E-state index in [-0.39, 0.29) is 5.54 Å². The highest BCUT2D eigenvalue weighted by atomic mass is 79.9. The van der Waals surface area contributed by atoms with Crippen molar-refractivity contribution in [3.63, 3.8) is 0 Å². The molecule has 0 radical (unpaired) electrons. The van der Waals surface area contributed by atoms with Gasteiger partial charge in [-0.1, -0.05) is 60.3 Å². The Morgan fingerprint density at radius 3 is 2.88 bits per heavy atom. The summed E-state index contributed by atoms with van der Waals surface area (Å²) in [6, 6.07) is 8.46. The Labute approximate surface area is 113 Å². The molecule has 1 aliphatic carbocycles. The molecule has 1 saturated carbocycles. The van der Waals surface area contributed by atoms with Crippen molar-refractivity contribution in [2.24, 2.45) is 11.7 Å². The predicted molar refractivity (Wildman–Crippen MR) is 77.0 cm³/mol. The minimum atomic E-state index is 0.0167. The van der Waals surface area contributed by atoms with E-state index in [4.69, 9.17) is 5.73 Å². The third-order valence-corrected chi connectivity index (χ3v) is 4.83. The smallest absolute Gasteiger partial charge is 0.0207 e. The lowest BCUT2D eigenvalue weighted by Gasteiger charge is -2.38. The molecule has 1 fully saturated rings. The summed E-state index contributed by atoms with van der Waals surface area (Å²) in [5.41, 5.74) is 7.98. The van der Waals surface area contributed by atoms with Crippen molar-refractivity contribution < 1.29 is 0 Å². The van der Waals surface area contributed by atoms with Crippen LogP contribution in [-0.4, -0.2) is 5.54 Å². The Kier molecular flexibility index (Phi) is 4.26. The molecule has 2 unspecified atom stereocenters. The Hall–Kier alpha value is -0.340. The molecule has 1 nitrogen and oxygen atoms in total. The number of halogens is 1. The highest BCUT2D eigenvalue weighted by Crippen LogP contribution is 2.35. The second-order valence-electron chi connectivity index (χ2n) is 5.50. The van der Waals surface area contributed by atoms with Gasteiger partial charge in [-0.2, -0.15) is 0 Å². The number of nitrogens with two attached hydrogens (primary N) is 1. The molecule has 94 valence electrons. The van der Waals surface area contributed by atoms with Gasteiger partial charge < -0.3 is 5.73 Å². The SMILES string of the molecule is CCC1CCCC(N)(Cc2ccccc2Br)C1. The van der Waals surface area contributed by atoms with Gasteiger partial charge in [-0.05, 0) is 36.8 Å². The molecule has 0 aliphatic heterocycles. The largest absolute Gasteiger partial charge is 0.325 e. The second kappa shape index (κ2) is 5.53. The third kappa shape index (κ3) is 3.32. The molecule has 2 atom stereocenters. The van der Waals surface area contributed by atoms with Crippen molar-refractivity contribution in [3.8, 4) is 0 Å². The van der Waals surface area contributed by atoms with Crippen LogP contribution in [0.15, 0.2) is 28.7 Å². The first-order valence-electron chi connectivity index (χ1n) is 6.65. The van der Waals surface area contributed by atoms with Crippen LogP contribution in [0, 0.1) is 5.92 Å². The Balaban J connectivity index is 2.09. The highest BCUT2D eigenvalue weighted by molar-refractivity contribution is 9.10. The average Bonchev–Trinajstić information content (AvgIpc) is 2.32. The predicted octanol–water partition coefficient (Wildman–Crippen LogP) is 4.29. The average molecular weight is 296 g/mol. The summed E-state index contributed by atoms with van der Waals surface area (Å²) in [6.07, 6.45) is 7.29. The molecule has 2 rings (SSSR count).